The molecule has 2 rings (SSSR count). The van der Waals surface area contributed by atoms with E-state index in [1.165, 1.54) is 5.56 Å². The molecule has 1 aromatic carbocycles. The lowest BCUT2D eigenvalue weighted by Gasteiger charge is -2.11. The summed E-state index contributed by atoms with van der Waals surface area (Å²) in [4.78, 5) is 8.98. The number of guanidine groups is 1. The van der Waals surface area contributed by atoms with Crippen LogP contribution in [0.5, 0.6) is 0 Å². The molecule has 5 nitrogen and oxygen atoms in total. The Kier molecular flexibility index (Phi) is 4.27. The summed E-state index contributed by atoms with van der Waals surface area (Å²) in [6, 6.07) is 6.60. The van der Waals surface area contributed by atoms with Gasteiger partial charge >= 0.3 is 0 Å². The van der Waals surface area contributed by atoms with Crippen molar-refractivity contribution in [2.24, 2.45) is 17.8 Å². The van der Waals surface area contributed by atoms with Crippen LogP contribution in [-0.4, -0.2) is 21.6 Å². The predicted molar refractivity (Wildman–Crippen MR) is 83.7 cm³/mol. The number of hydrogen-bond donors (Lipinski definition) is 2. The van der Waals surface area contributed by atoms with E-state index >= 15 is 0 Å². The smallest absolute Gasteiger partial charge is 0.189 e. The molecule has 1 unspecified atom stereocenters. The molecule has 1 heterocycles. The number of aliphatic imine (C=N–C) groups is 1. The molecule has 5 heteroatoms. The van der Waals surface area contributed by atoms with Gasteiger partial charge in [-0.3, -0.25) is 0 Å². The highest BCUT2D eigenvalue weighted by Crippen LogP contribution is 2.16. The number of hydrogen-bond acceptors (Lipinski definition) is 2. The van der Waals surface area contributed by atoms with E-state index in [0.29, 0.717) is 18.5 Å². The van der Waals surface area contributed by atoms with Crippen LogP contribution in [0.3, 0.4) is 0 Å². The van der Waals surface area contributed by atoms with Crippen molar-refractivity contribution in [3.8, 4) is 0 Å². The van der Waals surface area contributed by atoms with Crippen LogP contribution in [0.1, 0.15) is 31.7 Å². The number of nitrogens with zero attached hydrogens (tertiary/aromatic N) is 3. The molecular weight excluding hydrogens is 250 g/mol. The summed E-state index contributed by atoms with van der Waals surface area (Å²) in [5, 5.41) is 3.15. The van der Waals surface area contributed by atoms with E-state index in [9.17, 15) is 0 Å². The maximum Gasteiger partial charge on any atom is 0.189 e. The third-order valence-electron chi connectivity index (χ3n) is 3.53. The number of imidazole rings is 1. The Labute approximate surface area is 119 Å². The molecule has 0 aliphatic rings. The maximum atomic E-state index is 5.87. The number of nitrogens with one attached hydrogen (secondary N) is 1. The van der Waals surface area contributed by atoms with Crippen LogP contribution in [0.25, 0.3) is 11.0 Å². The van der Waals surface area contributed by atoms with Crippen LogP contribution in [0.2, 0.25) is 0 Å². The molecule has 0 saturated carbocycles. The Morgan fingerprint density at radius 1 is 1.50 bits per heavy atom. The van der Waals surface area contributed by atoms with Crippen LogP contribution >= 0.6 is 0 Å². The standard InChI is InChI=1S/C15H23N5/c1-5-11(3)18-15(16)17-9-14-19-12-8-10(2)6-7-13(12)20(14)4/h6-8,11H,5,9H2,1-4H3,(H3,16,17,18). The van der Waals surface area contributed by atoms with Crippen molar-refractivity contribution in [1.82, 2.24) is 14.9 Å². The van der Waals surface area contributed by atoms with Gasteiger partial charge in [0.2, 0.25) is 0 Å². The Hall–Kier alpha value is -2.04. The molecule has 20 heavy (non-hydrogen) atoms. The van der Waals surface area contributed by atoms with E-state index in [-0.39, 0.29) is 0 Å². The zero-order chi connectivity index (χ0) is 14.7. The normalized spacial score (nSPS) is 13.7. The largest absolute Gasteiger partial charge is 0.370 e. The van der Waals surface area contributed by atoms with Gasteiger partial charge in [0.05, 0.1) is 11.0 Å². The lowest BCUT2D eigenvalue weighted by Crippen LogP contribution is -2.38. The minimum atomic E-state index is 0.335. The molecular formula is C15H23N5. The fraction of sp³-hybridized carbons (Fsp3) is 0.467. The number of aryl methyl sites for hydroxylation is 2. The van der Waals surface area contributed by atoms with Crippen LogP contribution in [0.15, 0.2) is 23.2 Å². The third kappa shape index (κ3) is 3.10. The summed E-state index contributed by atoms with van der Waals surface area (Å²) in [5.41, 5.74) is 9.21. The number of rotatable bonds is 4. The van der Waals surface area contributed by atoms with Crippen molar-refractivity contribution in [3.05, 3.63) is 29.6 Å². The first kappa shape index (κ1) is 14.4. The molecule has 0 aliphatic heterocycles. The molecule has 0 radical (unpaired) electrons. The average molecular weight is 273 g/mol. The summed E-state index contributed by atoms with van der Waals surface area (Å²) in [5.74, 6) is 1.39. The maximum absolute atomic E-state index is 5.87. The molecule has 0 spiro atoms. The van der Waals surface area contributed by atoms with Crippen LogP contribution < -0.4 is 11.1 Å². The van der Waals surface area contributed by atoms with Crippen molar-refractivity contribution >= 4 is 17.0 Å². The highest BCUT2D eigenvalue weighted by atomic mass is 15.1. The van der Waals surface area contributed by atoms with Gasteiger partial charge in [-0.15, -0.1) is 0 Å². The average Bonchev–Trinajstić information content (AvgIpc) is 2.72. The van der Waals surface area contributed by atoms with Crippen molar-refractivity contribution in [1.29, 1.82) is 0 Å². The van der Waals surface area contributed by atoms with Crippen LogP contribution in [0.4, 0.5) is 0 Å². The SMILES string of the molecule is CCC(C)NC(N)=NCc1nc2cc(C)ccc2n1C. The Morgan fingerprint density at radius 2 is 2.25 bits per heavy atom. The number of benzene rings is 1. The molecule has 0 fully saturated rings. The predicted octanol–water partition coefficient (Wildman–Crippen LogP) is 2.08. The number of fused-ring (bicyclic) bond motifs is 1. The summed E-state index contributed by atoms with van der Waals surface area (Å²) in [6.45, 7) is 6.75. The zero-order valence-electron chi connectivity index (χ0n) is 12.6. The van der Waals surface area contributed by atoms with Crippen molar-refractivity contribution in [2.75, 3.05) is 0 Å². The first-order chi connectivity index (χ1) is 9.51. The molecule has 0 saturated heterocycles. The number of nitrogens with two attached hydrogens (primary N) is 1. The molecule has 2 aromatic rings. The van der Waals surface area contributed by atoms with Gasteiger partial charge in [0, 0.05) is 13.1 Å². The zero-order valence-corrected chi connectivity index (χ0v) is 12.6. The fourth-order valence-corrected chi connectivity index (χ4v) is 2.06. The molecule has 3 N–H and O–H groups in total. The van der Waals surface area contributed by atoms with Crippen LogP contribution in [-0.2, 0) is 13.6 Å². The lowest BCUT2D eigenvalue weighted by atomic mass is 10.2. The summed E-state index contributed by atoms with van der Waals surface area (Å²) >= 11 is 0. The van der Waals surface area contributed by atoms with E-state index < -0.39 is 0 Å². The first-order valence-corrected chi connectivity index (χ1v) is 6.99. The Morgan fingerprint density at radius 3 is 2.95 bits per heavy atom. The van der Waals surface area contributed by atoms with E-state index in [1.54, 1.807) is 0 Å². The minimum absolute atomic E-state index is 0.335. The molecule has 0 bridgehead atoms. The van der Waals surface area contributed by atoms with E-state index in [4.69, 9.17) is 5.73 Å². The van der Waals surface area contributed by atoms with E-state index in [1.807, 2.05) is 7.05 Å². The summed E-state index contributed by atoms with van der Waals surface area (Å²) in [6.07, 6.45) is 1.02. The van der Waals surface area contributed by atoms with Gasteiger partial charge in [-0.25, -0.2) is 9.98 Å². The fourth-order valence-electron chi connectivity index (χ4n) is 2.06. The van der Waals surface area contributed by atoms with Crippen molar-refractivity contribution in [3.63, 3.8) is 0 Å². The molecule has 108 valence electrons. The Bertz CT molecular complexity index is 626. The van der Waals surface area contributed by atoms with Crippen molar-refractivity contribution < 1.29 is 0 Å². The second-order valence-corrected chi connectivity index (χ2v) is 5.23. The second-order valence-electron chi connectivity index (χ2n) is 5.23. The Balaban J connectivity index is 2.17. The number of aromatic nitrogens is 2. The monoisotopic (exact) mass is 273 g/mol. The molecule has 1 atom stereocenters. The van der Waals surface area contributed by atoms with E-state index in [0.717, 1.165) is 23.3 Å². The minimum Gasteiger partial charge on any atom is -0.370 e. The van der Waals surface area contributed by atoms with E-state index in [2.05, 4.69) is 58.8 Å². The third-order valence-corrected chi connectivity index (χ3v) is 3.53. The lowest BCUT2D eigenvalue weighted by molar-refractivity contribution is 0.635. The molecule has 1 aromatic heterocycles. The summed E-state index contributed by atoms with van der Waals surface area (Å²) < 4.78 is 2.06. The van der Waals surface area contributed by atoms with Crippen molar-refractivity contribution in [2.45, 2.75) is 39.8 Å². The second kappa shape index (κ2) is 5.94. The highest BCUT2D eigenvalue weighted by Gasteiger charge is 2.07. The quantitative estimate of drug-likeness (QED) is 0.662. The van der Waals surface area contributed by atoms with Gasteiger partial charge in [0.1, 0.15) is 12.4 Å². The highest BCUT2D eigenvalue weighted by molar-refractivity contribution is 5.78. The first-order valence-electron chi connectivity index (χ1n) is 6.99. The van der Waals surface area contributed by atoms with Gasteiger partial charge in [-0.05, 0) is 38.0 Å². The molecule has 0 aliphatic carbocycles. The van der Waals surface area contributed by atoms with Gasteiger partial charge < -0.3 is 15.6 Å². The topological polar surface area (TPSA) is 68.2 Å². The summed E-state index contributed by atoms with van der Waals surface area (Å²) in [7, 11) is 2.01. The van der Waals surface area contributed by atoms with Gasteiger partial charge in [-0.2, -0.15) is 0 Å². The van der Waals surface area contributed by atoms with Gasteiger partial charge in [0.15, 0.2) is 5.96 Å². The van der Waals surface area contributed by atoms with Gasteiger partial charge in [0.25, 0.3) is 0 Å². The molecule has 0 amide bonds. The van der Waals surface area contributed by atoms with Gasteiger partial charge in [-0.1, -0.05) is 13.0 Å². The van der Waals surface area contributed by atoms with Crippen LogP contribution in [0, 0.1) is 6.92 Å².